The molecule has 3 N–H and O–H groups in total. The van der Waals surface area contributed by atoms with Crippen LogP contribution in [-0.2, 0) is 10.0 Å². The van der Waals surface area contributed by atoms with Crippen molar-refractivity contribution in [2.75, 3.05) is 19.5 Å². The second-order valence-corrected chi connectivity index (χ2v) is 8.78. The second-order valence-electron chi connectivity index (χ2n) is 6.92. The van der Waals surface area contributed by atoms with Gasteiger partial charge in [0.15, 0.2) is 5.82 Å². The summed E-state index contributed by atoms with van der Waals surface area (Å²) in [7, 11) is -1.11. The van der Waals surface area contributed by atoms with E-state index in [1.54, 1.807) is 12.1 Å². The van der Waals surface area contributed by atoms with Crippen LogP contribution in [0.3, 0.4) is 0 Å². The number of sulfonamides is 1. The van der Waals surface area contributed by atoms with E-state index in [1.807, 2.05) is 12.1 Å². The maximum atomic E-state index is 12.6. The minimum absolute atomic E-state index is 0.105. The molecule has 4 rings (SSSR count). The summed E-state index contributed by atoms with van der Waals surface area (Å²) in [6.45, 7) is 0. The van der Waals surface area contributed by atoms with Crippen molar-refractivity contribution in [3.8, 4) is 17.1 Å². The zero-order valence-electron chi connectivity index (χ0n) is 16.5. The predicted octanol–water partition coefficient (Wildman–Crippen LogP) is 2.52. The van der Waals surface area contributed by atoms with Gasteiger partial charge in [-0.05, 0) is 62.4 Å². The summed E-state index contributed by atoms with van der Waals surface area (Å²) in [5.41, 5.74) is 1.59. The standard InChI is InChI=1S/C20H21N5O4S/c1-21-30(27,28)17-11-14(7-10-16(17)29-2)20(26)22-15-8-5-13(6-9-15)19-23-18(24-25-19)12-3-4-12/h5-12,21H,3-4H2,1-2H3,(H,22,26)(H,23,24,25). The normalized spacial score (nSPS) is 13.8. The number of aromatic nitrogens is 3. The molecule has 1 aromatic heterocycles. The third kappa shape index (κ3) is 4.05. The largest absolute Gasteiger partial charge is 0.495 e. The van der Waals surface area contributed by atoms with Crippen LogP contribution in [0.4, 0.5) is 5.69 Å². The van der Waals surface area contributed by atoms with Gasteiger partial charge in [0.05, 0.1) is 7.11 Å². The smallest absolute Gasteiger partial charge is 0.255 e. The Kier molecular flexibility index (Phi) is 5.27. The highest BCUT2D eigenvalue weighted by atomic mass is 32.2. The van der Waals surface area contributed by atoms with Crippen LogP contribution in [0.2, 0.25) is 0 Å². The molecule has 1 amide bonds. The lowest BCUT2D eigenvalue weighted by Gasteiger charge is -2.11. The number of H-pyrrole nitrogens is 1. The molecule has 0 saturated heterocycles. The summed E-state index contributed by atoms with van der Waals surface area (Å²) < 4.78 is 31.7. The molecule has 2 aromatic carbocycles. The van der Waals surface area contributed by atoms with Gasteiger partial charge in [-0.3, -0.25) is 9.89 Å². The van der Waals surface area contributed by atoms with Crippen molar-refractivity contribution in [2.45, 2.75) is 23.7 Å². The van der Waals surface area contributed by atoms with Crippen molar-refractivity contribution in [1.29, 1.82) is 0 Å². The first kappa shape index (κ1) is 20.0. The lowest BCUT2D eigenvalue weighted by Crippen LogP contribution is -2.20. The van der Waals surface area contributed by atoms with E-state index in [9.17, 15) is 13.2 Å². The number of amides is 1. The zero-order chi connectivity index (χ0) is 21.3. The van der Waals surface area contributed by atoms with Crippen LogP contribution in [0.5, 0.6) is 5.75 Å². The fourth-order valence-electron chi connectivity index (χ4n) is 2.99. The molecule has 0 radical (unpaired) electrons. The number of anilines is 1. The number of ether oxygens (including phenoxy) is 1. The van der Waals surface area contributed by atoms with Crippen LogP contribution in [0.15, 0.2) is 47.4 Å². The molecule has 30 heavy (non-hydrogen) atoms. The van der Waals surface area contributed by atoms with Gasteiger partial charge in [0.1, 0.15) is 16.5 Å². The van der Waals surface area contributed by atoms with Crippen molar-refractivity contribution in [1.82, 2.24) is 19.9 Å². The van der Waals surface area contributed by atoms with Crippen molar-refractivity contribution in [3.05, 3.63) is 53.9 Å². The van der Waals surface area contributed by atoms with E-state index in [0.717, 1.165) is 24.2 Å². The number of rotatable bonds is 7. The molecule has 9 nitrogen and oxygen atoms in total. The molecule has 0 spiro atoms. The average molecular weight is 427 g/mol. The van der Waals surface area contributed by atoms with Crippen LogP contribution in [-0.4, -0.2) is 43.7 Å². The number of aromatic amines is 1. The summed E-state index contributed by atoms with van der Waals surface area (Å²) >= 11 is 0. The number of hydrogen-bond donors (Lipinski definition) is 3. The number of benzene rings is 2. The summed E-state index contributed by atoms with van der Waals surface area (Å²) in [4.78, 5) is 17.0. The maximum Gasteiger partial charge on any atom is 0.255 e. The Morgan fingerprint density at radius 3 is 2.53 bits per heavy atom. The summed E-state index contributed by atoms with van der Waals surface area (Å²) in [6.07, 6.45) is 2.28. The van der Waals surface area contributed by atoms with Crippen LogP contribution in [0, 0.1) is 0 Å². The summed E-state index contributed by atoms with van der Waals surface area (Å²) in [5.74, 6) is 1.74. The minimum atomic E-state index is -3.78. The molecule has 156 valence electrons. The molecule has 0 unspecified atom stereocenters. The van der Waals surface area contributed by atoms with Crippen LogP contribution < -0.4 is 14.8 Å². The van der Waals surface area contributed by atoms with Gasteiger partial charge in [-0.1, -0.05) is 0 Å². The summed E-state index contributed by atoms with van der Waals surface area (Å²) in [5, 5.41) is 9.98. The monoisotopic (exact) mass is 427 g/mol. The fraction of sp³-hybridized carbons (Fsp3) is 0.250. The Labute approximate surface area is 173 Å². The number of carbonyl (C=O) groups excluding carboxylic acids is 1. The third-order valence-electron chi connectivity index (χ3n) is 4.85. The minimum Gasteiger partial charge on any atom is -0.495 e. The first-order valence-electron chi connectivity index (χ1n) is 9.37. The predicted molar refractivity (Wildman–Crippen MR) is 111 cm³/mol. The van der Waals surface area contributed by atoms with E-state index in [-0.39, 0.29) is 16.2 Å². The van der Waals surface area contributed by atoms with Gasteiger partial charge >= 0.3 is 0 Å². The number of nitrogens with one attached hydrogen (secondary N) is 3. The molecule has 0 atom stereocenters. The Morgan fingerprint density at radius 1 is 1.17 bits per heavy atom. The average Bonchev–Trinajstić information content (AvgIpc) is 3.50. The molecule has 0 aliphatic heterocycles. The van der Waals surface area contributed by atoms with Gasteiger partial charge in [0.25, 0.3) is 5.91 Å². The molecule has 1 aliphatic carbocycles. The molecule has 10 heteroatoms. The van der Waals surface area contributed by atoms with Gasteiger partial charge in [-0.25, -0.2) is 18.1 Å². The number of carbonyl (C=O) groups is 1. The summed E-state index contributed by atoms with van der Waals surface area (Å²) in [6, 6.07) is 11.4. The second kappa shape index (κ2) is 7.88. The Hall–Kier alpha value is -3.24. The van der Waals surface area contributed by atoms with Gasteiger partial charge in [-0.15, -0.1) is 0 Å². The van der Waals surface area contributed by atoms with Crippen LogP contribution >= 0.6 is 0 Å². The Morgan fingerprint density at radius 2 is 1.90 bits per heavy atom. The van der Waals surface area contributed by atoms with Crippen molar-refractivity contribution in [2.24, 2.45) is 0 Å². The molecule has 3 aromatic rings. The third-order valence-corrected chi connectivity index (χ3v) is 6.29. The fourth-order valence-corrected chi connectivity index (χ4v) is 3.90. The molecule has 1 saturated carbocycles. The highest BCUT2D eigenvalue weighted by Crippen LogP contribution is 2.38. The number of nitrogens with zero attached hydrogens (tertiary/aromatic N) is 2. The number of hydrogen-bond acceptors (Lipinski definition) is 6. The van der Waals surface area contributed by atoms with Gasteiger partial charge < -0.3 is 10.1 Å². The highest BCUT2D eigenvalue weighted by Gasteiger charge is 2.27. The van der Waals surface area contributed by atoms with E-state index in [1.165, 1.54) is 32.4 Å². The van der Waals surface area contributed by atoms with Crippen LogP contribution in [0.1, 0.15) is 34.9 Å². The Balaban J connectivity index is 1.51. The first-order valence-corrected chi connectivity index (χ1v) is 10.9. The quantitative estimate of drug-likeness (QED) is 0.532. The van der Waals surface area contributed by atoms with Gasteiger partial charge in [0.2, 0.25) is 10.0 Å². The lowest BCUT2D eigenvalue weighted by atomic mass is 10.1. The van der Waals surface area contributed by atoms with E-state index >= 15 is 0 Å². The topological polar surface area (TPSA) is 126 Å². The SMILES string of the molecule is CNS(=O)(=O)c1cc(C(=O)Nc2ccc(-c3n[nH]c(C4CC4)n3)cc2)ccc1OC. The highest BCUT2D eigenvalue weighted by molar-refractivity contribution is 7.89. The van der Waals surface area contributed by atoms with Crippen molar-refractivity contribution >= 4 is 21.6 Å². The molecule has 1 heterocycles. The molecule has 0 bridgehead atoms. The van der Waals surface area contributed by atoms with Gasteiger partial charge in [0, 0.05) is 22.7 Å². The van der Waals surface area contributed by atoms with Crippen molar-refractivity contribution in [3.63, 3.8) is 0 Å². The van der Waals surface area contributed by atoms with E-state index in [4.69, 9.17) is 4.74 Å². The van der Waals surface area contributed by atoms with Crippen LogP contribution in [0.25, 0.3) is 11.4 Å². The van der Waals surface area contributed by atoms with E-state index < -0.39 is 15.9 Å². The lowest BCUT2D eigenvalue weighted by molar-refractivity contribution is 0.102. The molecule has 1 aliphatic rings. The van der Waals surface area contributed by atoms with Crippen molar-refractivity contribution < 1.29 is 17.9 Å². The molecular formula is C20H21N5O4S. The Bertz CT molecular complexity index is 1180. The maximum absolute atomic E-state index is 12.6. The first-order chi connectivity index (χ1) is 14.4. The molecular weight excluding hydrogens is 406 g/mol. The van der Waals surface area contributed by atoms with Gasteiger partial charge in [-0.2, -0.15) is 5.10 Å². The molecule has 1 fully saturated rings. The van der Waals surface area contributed by atoms with E-state index in [0.29, 0.717) is 17.4 Å². The zero-order valence-corrected chi connectivity index (χ0v) is 17.3. The number of methoxy groups -OCH3 is 1. The van der Waals surface area contributed by atoms with E-state index in [2.05, 4.69) is 25.2 Å².